The van der Waals surface area contributed by atoms with E-state index in [4.69, 9.17) is 10.00 Å². The van der Waals surface area contributed by atoms with Crippen molar-refractivity contribution in [3.8, 4) is 11.8 Å². The highest BCUT2D eigenvalue weighted by molar-refractivity contribution is 5.47. The van der Waals surface area contributed by atoms with Crippen molar-refractivity contribution in [1.29, 1.82) is 5.26 Å². The minimum atomic E-state index is -4.21. The molecule has 1 aromatic carbocycles. The summed E-state index contributed by atoms with van der Waals surface area (Å²) in [5.41, 5.74) is 1.82. The molecule has 1 aromatic rings. The molecular weight excluding hydrogens is 231 g/mol. The smallest absolute Gasteiger partial charge is 0.392 e. The molecule has 17 heavy (non-hydrogen) atoms. The van der Waals surface area contributed by atoms with Gasteiger partial charge in [-0.25, -0.2) is 0 Å². The first-order chi connectivity index (χ1) is 7.83. The molecule has 0 N–H and O–H groups in total. The Hall–Kier alpha value is -1.70. The fraction of sp³-hybridized carbons (Fsp3) is 0.417. The minimum Gasteiger partial charge on any atom is -0.493 e. The van der Waals surface area contributed by atoms with Crippen LogP contribution in [0, 0.1) is 25.2 Å². The number of hydrogen-bond acceptors (Lipinski definition) is 2. The van der Waals surface area contributed by atoms with Gasteiger partial charge in [0.25, 0.3) is 0 Å². The zero-order chi connectivity index (χ0) is 13.1. The monoisotopic (exact) mass is 243 g/mol. The van der Waals surface area contributed by atoms with Crippen LogP contribution in [0.5, 0.6) is 5.75 Å². The predicted molar refractivity (Wildman–Crippen MR) is 56.8 cm³/mol. The summed E-state index contributed by atoms with van der Waals surface area (Å²) in [5.74, 6) is 0.424. The third-order valence-electron chi connectivity index (χ3n) is 2.22. The Morgan fingerprint density at radius 2 is 1.76 bits per heavy atom. The molecule has 0 amide bonds. The van der Waals surface area contributed by atoms with Gasteiger partial charge in [0.1, 0.15) is 5.75 Å². The Balaban J connectivity index is 2.76. The molecule has 0 aliphatic carbocycles. The maximum atomic E-state index is 12.0. The first-order valence-electron chi connectivity index (χ1n) is 5.04. The standard InChI is InChI=1S/C12H12F3NO/c1-8-5-10(7-16)6-9(2)11(8)17-4-3-12(13,14)15/h5-6H,3-4H2,1-2H3. The molecule has 0 aromatic heterocycles. The van der Waals surface area contributed by atoms with Gasteiger partial charge in [0.15, 0.2) is 0 Å². The minimum absolute atomic E-state index is 0.406. The summed E-state index contributed by atoms with van der Waals surface area (Å²) in [6.45, 7) is 3.00. The SMILES string of the molecule is Cc1cc(C#N)cc(C)c1OCCC(F)(F)F. The van der Waals surface area contributed by atoms with Crippen LogP contribution in [0.1, 0.15) is 23.1 Å². The largest absolute Gasteiger partial charge is 0.493 e. The lowest BCUT2D eigenvalue weighted by Crippen LogP contribution is -2.13. The van der Waals surface area contributed by atoms with Gasteiger partial charge in [0.05, 0.1) is 24.7 Å². The molecule has 0 radical (unpaired) electrons. The van der Waals surface area contributed by atoms with Gasteiger partial charge in [0, 0.05) is 0 Å². The zero-order valence-electron chi connectivity index (χ0n) is 9.56. The van der Waals surface area contributed by atoms with Crippen LogP contribution in [0.4, 0.5) is 13.2 Å². The molecule has 92 valence electrons. The van der Waals surface area contributed by atoms with Crippen LogP contribution in [0.15, 0.2) is 12.1 Å². The summed E-state index contributed by atoms with van der Waals surface area (Å²) < 4.78 is 41.0. The highest BCUT2D eigenvalue weighted by atomic mass is 19.4. The fourth-order valence-electron chi connectivity index (χ4n) is 1.51. The average molecular weight is 243 g/mol. The van der Waals surface area contributed by atoms with E-state index in [1.165, 1.54) is 0 Å². The van der Waals surface area contributed by atoms with E-state index in [1.807, 2.05) is 6.07 Å². The van der Waals surface area contributed by atoms with E-state index >= 15 is 0 Å². The second-order valence-corrected chi connectivity index (χ2v) is 3.76. The molecule has 0 bridgehead atoms. The number of benzene rings is 1. The van der Waals surface area contributed by atoms with Crippen molar-refractivity contribution >= 4 is 0 Å². The maximum absolute atomic E-state index is 12.0. The maximum Gasteiger partial charge on any atom is 0.392 e. The molecule has 1 rings (SSSR count). The first kappa shape index (κ1) is 13.4. The average Bonchev–Trinajstić information content (AvgIpc) is 2.20. The van der Waals surface area contributed by atoms with E-state index in [0.717, 1.165) is 0 Å². The Morgan fingerprint density at radius 1 is 1.24 bits per heavy atom. The van der Waals surface area contributed by atoms with Gasteiger partial charge < -0.3 is 4.74 Å². The van der Waals surface area contributed by atoms with Gasteiger partial charge in [-0.15, -0.1) is 0 Å². The highest BCUT2D eigenvalue weighted by Gasteiger charge is 2.27. The van der Waals surface area contributed by atoms with Crippen molar-refractivity contribution in [3.63, 3.8) is 0 Å². The number of ether oxygens (including phenoxy) is 1. The Labute approximate surface area is 97.6 Å². The fourth-order valence-corrected chi connectivity index (χ4v) is 1.51. The van der Waals surface area contributed by atoms with Crippen molar-refractivity contribution in [1.82, 2.24) is 0 Å². The van der Waals surface area contributed by atoms with Crippen molar-refractivity contribution in [2.45, 2.75) is 26.4 Å². The van der Waals surface area contributed by atoms with Crippen LogP contribution in [0.2, 0.25) is 0 Å². The van der Waals surface area contributed by atoms with Crippen LogP contribution in [0.3, 0.4) is 0 Å². The van der Waals surface area contributed by atoms with E-state index in [1.54, 1.807) is 26.0 Å². The predicted octanol–water partition coefficient (Wildman–Crippen LogP) is 3.51. The number of halogens is 3. The molecule has 0 atom stereocenters. The normalized spacial score (nSPS) is 11.1. The second kappa shape index (κ2) is 5.09. The van der Waals surface area contributed by atoms with Crippen LogP contribution in [-0.4, -0.2) is 12.8 Å². The molecule has 0 aliphatic heterocycles. The molecule has 0 heterocycles. The summed E-state index contributed by atoms with van der Waals surface area (Å²) in [6.07, 6.45) is -5.19. The van der Waals surface area contributed by atoms with Gasteiger partial charge in [-0.2, -0.15) is 18.4 Å². The highest BCUT2D eigenvalue weighted by Crippen LogP contribution is 2.26. The van der Waals surface area contributed by atoms with Crippen molar-refractivity contribution in [3.05, 3.63) is 28.8 Å². The molecule has 0 fully saturated rings. The molecule has 0 spiro atoms. The van der Waals surface area contributed by atoms with Gasteiger partial charge in [-0.05, 0) is 37.1 Å². The van der Waals surface area contributed by atoms with Crippen molar-refractivity contribution in [2.75, 3.05) is 6.61 Å². The van der Waals surface area contributed by atoms with Crippen LogP contribution in [0.25, 0.3) is 0 Å². The van der Waals surface area contributed by atoms with E-state index in [-0.39, 0.29) is 0 Å². The lowest BCUT2D eigenvalue weighted by Gasteiger charge is -2.13. The second-order valence-electron chi connectivity index (χ2n) is 3.76. The number of alkyl halides is 3. The van der Waals surface area contributed by atoms with Gasteiger partial charge >= 0.3 is 6.18 Å². The number of nitrogens with zero attached hydrogens (tertiary/aromatic N) is 1. The summed E-state index contributed by atoms with van der Waals surface area (Å²) >= 11 is 0. The summed E-state index contributed by atoms with van der Waals surface area (Å²) in [5, 5.41) is 8.72. The zero-order valence-corrected chi connectivity index (χ0v) is 9.56. The Bertz CT molecular complexity index is 423. The summed E-state index contributed by atoms with van der Waals surface area (Å²) in [7, 11) is 0. The van der Waals surface area contributed by atoms with Gasteiger partial charge in [-0.3, -0.25) is 0 Å². The number of hydrogen-bond donors (Lipinski definition) is 0. The molecule has 0 unspecified atom stereocenters. The van der Waals surface area contributed by atoms with E-state index < -0.39 is 19.2 Å². The third-order valence-corrected chi connectivity index (χ3v) is 2.22. The van der Waals surface area contributed by atoms with Gasteiger partial charge in [-0.1, -0.05) is 0 Å². The lowest BCUT2D eigenvalue weighted by atomic mass is 10.1. The Morgan fingerprint density at radius 3 is 2.18 bits per heavy atom. The van der Waals surface area contributed by atoms with E-state index in [0.29, 0.717) is 22.4 Å². The number of aryl methyl sites for hydroxylation is 2. The molecule has 2 nitrogen and oxygen atoms in total. The third kappa shape index (κ3) is 3.99. The molecule has 0 aliphatic rings. The number of rotatable bonds is 3. The quantitative estimate of drug-likeness (QED) is 0.813. The lowest BCUT2D eigenvalue weighted by molar-refractivity contribution is -0.139. The summed E-state index contributed by atoms with van der Waals surface area (Å²) in [4.78, 5) is 0. The molecule has 5 heteroatoms. The van der Waals surface area contributed by atoms with Crippen molar-refractivity contribution < 1.29 is 17.9 Å². The first-order valence-corrected chi connectivity index (χ1v) is 5.04. The van der Waals surface area contributed by atoms with E-state index in [2.05, 4.69) is 0 Å². The Kier molecular flexibility index (Phi) is 4.00. The topological polar surface area (TPSA) is 33.0 Å². The van der Waals surface area contributed by atoms with Crippen LogP contribution < -0.4 is 4.74 Å². The van der Waals surface area contributed by atoms with Crippen LogP contribution >= 0.6 is 0 Å². The van der Waals surface area contributed by atoms with E-state index in [9.17, 15) is 13.2 Å². The van der Waals surface area contributed by atoms with Gasteiger partial charge in [0.2, 0.25) is 0 Å². The molecule has 0 saturated heterocycles. The molecule has 0 saturated carbocycles. The van der Waals surface area contributed by atoms with Crippen LogP contribution in [-0.2, 0) is 0 Å². The van der Waals surface area contributed by atoms with Crippen molar-refractivity contribution in [2.24, 2.45) is 0 Å². The summed E-state index contributed by atoms with van der Waals surface area (Å²) in [6, 6.07) is 5.17. The molecular formula is C12H12F3NO. The number of nitriles is 1.